The molecule has 0 spiro atoms. The molecule has 0 saturated heterocycles. The summed E-state index contributed by atoms with van der Waals surface area (Å²) in [4.78, 5) is 36.0. The highest BCUT2D eigenvalue weighted by Gasteiger charge is 2.24. The SMILES string of the molecule is CCCCCC(=O)Nc1ccc(C(=O)N=Nc2c(O)n(C(C)C(=O)O)c3ccc(I)cc23)cc1. The van der Waals surface area contributed by atoms with Crippen molar-refractivity contribution in [2.75, 3.05) is 5.32 Å². The molecule has 9 nitrogen and oxygen atoms in total. The Bertz CT molecular complexity index is 1250. The predicted molar refractivity (Wildman–Crippen MR) is 137 cm³/mol. The number of unbranched alkanes of at least 4 members (excludes halogenated alkanes) is 2. The fourth-order valence-corrected chi connectivity index (χ4v) is 3.96. The monoisotopic (exact) mass is 576 g/mol. The maximum Gasteiger partial charge on any atom is 0.326 e. The van der Waals surface area contributed by atoms with Crippen molar-refractivity contribution in [1.82, 2.24) is 4.57 Å². The number of aromatic hydroxyl groups is 1. The number of amides is 2. The van der Waals surface area contributed by atoms with Gasteiger partial charge in [0, 0.05) is 26.6 Å². The van der Waals surface area contributed by atoms with Crippen LogP contribution < -0.4 is 5.32 Å². The van der Waals surface area contributed by atoms with Gasteiger partial charge in [0.05, 0.1) is 5.52 Å². The molecule has 0 fully saturated rings. The van der Waals surface area contributed by atoms with Gasteiger partial charge >= 0.3 is 5.97 Å². The second kappa shape index (κ2) is 11.2. The van der Waals surface area contributed by atoms with Crippen LogP contribution in [0, 0.1) is 3.57 Å². The van der Waals surface area contributed by atoms with Crippen molar-refractivity contribution in [2.45, 2.75) is 45.6 Å². The first-order valence-electron chi connectivity index (χ1n) is 10.8. The Hall–Kier alpha value is -3.28. The Morgan fingerprint density at radius 2 is 1.82 bits per heavy atom. The second-order valence-electron chi connectivity index (χ2n) is 7.81. The predicted octanol–water partition coefficient (Wildman–Crippen LogP) is 6.04. The van der Waals surface area contributed by atoms with Crippen molar-refractivity contribution in [2.24, 2.45) is 10.2 Å². The van der Waals surface area contributed by atoms with E-state index in [1.54, 1.807) is 30.3 Å². The minimum absolute atomic E-state index is 0.0194. The highest BCUT2D eigenvalue weighted by atomic mass is 127. The van der Waals surface area contributed by atoms with E-state index >= 15 is 0 Å². The number of hydrogen-bond donors (Lipinski definition) is 3. The molecule has 2 amide bonds. The van der Waals surface area contributed by atoms with Crippen LogP contribution >= 0.6 is 22.6 Å². The van der Waals surface area contributed by atoms with E-state index in [4.69, 9.17) is 0 Å². The Morgan fingerprint density at radius 1 is 1.12 bits per heavy atom. The molecule has 2 aromatic carbocycles. The number of rotatable bonds is 9. The first-order chi connectivity index (χ1) is 16.2. The van der Waals surface area contributed by atoms with Crippen molar-refractivity contribution in [3.05, 3.63) is 51.6 Å². The number of anilines is 1. The number of aliphatic carboxylic acids is 1. The first kappa shape index (κ1) is 25.3. The number of carboxylic acids is 1. The zero-order valence-electron chi connectivity index (χ0n) is 18.8. The van der Waals surface area contributed by atoms with Crippen LogP contribution in [0.1, 0.15) is 55.9 Å². The van der Waals surface area contributed by atoms with Gasteiger partial charge in [0.15, 0.2) is 5.69 Å². The van der Waals surface area contributed by atoms with E-state index in [0.717, 1.165) is 22.8 Å². The van der Waals surface area contributed by atoms with Gasteiger partial charge in [0.1, 0.15) is 6.04 Å². The molecule has 0 bridgehead atoms. The van der Waals surface area contributed by atoms with Crippen LogP contribution in [0.25, 0.3) is 10.9 Å². The summed E-state index contributed by atoms with van der Waals surface area (Å²) in [5.41, 5.74) is 1.32. The summed E-state index contributed by atoms with van der Waals surface area (Å²) in [5, 5.41) is 31.1. The van der Waals surface area contributed by atoms with E-state index in [9.17, 15) is 24.6 Å². The summed E-state index contributed by atoms with van der Waals surface area (Å²) < 4.78 is 2.09. The van der Waals surface area contributed by atoms with E-state index < -0.39 is 17.9 Å². The maximum absolute atomic E-state index is 12.6. The van der Waals surface area contributed by atoms with Crippen LogP contribution in [0.5, 0.6) is 5.88 Å². The lowest BCUT2D eigenvalue weighted by Crippen LogP contribution is -2.14. The number of hydrogen-bond acceptors (Lipinski definition) is 5. The van der Waals surface area contributed by atoms with Crippen LogP contribution in [0.2, 0.25) is 0 Å². The quantitative estimate of drug-likeness (QED) is 0.162. The number of carboxylic acid groups (broad SMARTS) is 1. The van der Waals surface area contributed by atoms with Gasteiger partial charge in [-0.1, -0.05) is 19.8 Å². The third-order valence-corrected chi connectivity index (χ3v) is 5.99. The fraction of sp³-hybridized carbons (Fsp3) is 0.292. The van der Waals surface area contributed by atoms with Gasteiger partial charge in [0.25, 0.3) is 5.91 Å². The molecular weight excluding hydrogens is 551 g/mol. The highest BCUT2D eigenvalue weighted by molar-refractivity contribution is 14.1. The van der Waals surface area contributed by atoms with Gasteiger partial charge < -0.3 is 15.5 Å². The number of nitrogens with zero attached hydrogens (tertiary/aromatic N) is 3. The molecular formula is C24H25IN4O5. The topological polar surface area (TPSA) is 133 Å². The number of benzene rings is 2. The smallest absolute Gasteiger partial charge is 0.326 e. The largest absolute Gasteiger partial charge is 0.493 e. The van der Waals surface area contributed by atoms with Crippen LogP contribution in [-0.4, -0.2) is 32.6 Å². The molecule has 1 atom stereocenters. The molecule has 1 unspecified atom stereocenters. The summed E-state index contributed by atoms with van der Waals surface area (Å²) in [6.07, 6.45) is 3.30. The van der Waals surface area contributed by atoms with E-state index in [1.165, 1.54) is 23.6 Å². The molecule has 3 rings (SSSR count). The van der Waals surface area contributed by atoms with E-state index in [0.29, 0.717) is 23.0 Å². The number of halogens is 1. The number of azo groups is 1. The van der Waals surface area contributed by atoms with E-state index in [-0.39, 0.29) is 23.0 Å². The highest BCUT2D eigenvalue weighted by Crippen LogP contribution is 2.41. The van der Waals surface area contributed by atoms with Gasteiger partial charge in [-0.3, -0.25) is 14.2 Å². The number of carbonyl (C=O) groups excluding carboxylic acids is 2. The molecule has 178 valence electrons. The maximum atomic E-state index is 12.6. The van der Waals surface area contributed by atoms with Crippen LogP contribution in [-0.2, 0) is 9.59 Å². The van der Waals surface area contributed by atoms with Gasteiger partial charge in [-0.2, -0.15) is 0 Å². The Kier molecular flexibility index (Phi) is 8.37. The number of nitrogens with one attached hydrogen (secondary N) is 1. The number of fused-ring (bicyclic) bond motifs is 1. The molecule has 34 heavy (non-hydrogen) atoms. The fourth-order valence-electron chi connectivity index (χ4n) is 3.47. The van der Waals surface area contributed by atoms with Crippen LogP contribution in [0.4, 0.5) is 11.4 Å². The first-order valence-corrected chi connectivity index (χ1v) is 11.9. The van der Waals surface area contributed by atoms with Gasteiger partial charge in [-0.05, 0) is 78.4 Å². The zero-order valence-corrected chi connectivity index (χ0v) is 20.9. The van der Waals surface area contributed by atoms with Crippen molar-refractivity contribution >= 4 is 62.7 Å². The van der Waals surface area contributed by atoms with Gasteiger partial charge in [-0.15, -0.1) is 10.2 Å². The summed E-state index contributed by atoms with van der Waals surface area (Å²) >= 11 is 2.09. The lowest BCUT2D eigenvalue weighted by atomic mass is 10.2. The molecule has 1 heterocycles. The summed E-state index contributed by atoms with van der Waals surface area (Å²) in [6, 6.07) is 10.4. The van der Waals surface area contributed by atoms with Crippen molar-refractivity contribution in [3.8, 4) is 5.88 Å². The standard InChI is InChI=1S/C24H25IN4O5/c1-3-4-5-6-20(30)26-17-10-7-15(8-11-17)22(31)28-27-21-18-13-16(25)9-12-19(18)29(23(21)32)14(2)24(33)34/h7-14,32H,3-6H2,1-2H3,(H,26,30)(H,33,34). The normalized spacial score (nSPS) is 12.2. The number of carbonyl (C=O) groups is 3. The lowest BCUT2D eigenvalue weighted by Gasteiger charge is -2.11. The Labute approximate surface area is 210 Å². The third-order valence-electron chi connectivity index (χ3n) is 5.32. The van der Waals surface area contributed by atoms with Crippen molar-refractivity contribution in [3.63, 3.8) is 0 Å². The molecule has 1 aromatic heterocycles. The summed E-state index contributed by atoms with van der Waals surface area (Å²) in [7, 11) is 0. The molecule has 3 aromatic rings. The van der Waals surface area contributed by atoms with Gasteiger partial charge in [0.2, 0.25) is 11.8 Å². The lowest BCUT2D eigenvalue weighted by molar-refractivity contribution is -0.140. The molecule has 0 aliphatic carbocycles. The Balaban J connectivity index is 1.81. The molecule has 0 saturated carbocycles. The average molecular weight is 576 g/mol. The summed E-state index contributed by atoms with van der Waals surface area (Å²) in [6.45, 7) is 3.51. The molecule has 0 aliphatic rings. The zero-order chi connectivity index (χ0) is 24.8. The van der Waals surface area contributed by atoms with Crippen molar-refractivity contribution < 1.29 is 24.6 Å². The van der Waals surface area contributed by atoms with Crippen LogP contribution in [0.3, 0.4) is 0 Å². The average Bonchev–Trinajstić information content (AvgIpc) is 3.07. The van der Waals surface area contributed by atoms with E-state index in [1.807, 2.05) is 0 Å². The van der Waals surface area contributed by atoms with E-state index in [2.05, 4.69) is 45.1 Å². The summed E-state index contributed by atoms with van der Waals surface area (Å²) in [5.74, 6) is -2.23. The van der Waals surface area contributed by atoms with Crippen molar-refractivity contribution in [1.29, 1.82) is 0 Å². The second-order valence-corrected chi connectivity index (χ2v) is 9.05. The third kappa shape index (κ3) is 5.79. The Morgan fingerprint density at radius 3 is 2.47 bits per heavy atom. The molecule has 0 radical (unpaired) electrons. The molecule has 3 N–H and O–H groups in total. The number of aromatic nitrogens is 1. The minimum atomic E-state index is -1.12. The van der Waals surface area contributed by atoms with Gasteiger partial charge in [-0.25, -0.2) is 4.79 Å². The molecule has 10 heteroatoms. The minimum Gasteiger partial charge on any atom is -0.493 e. The van der Waals surface area contributed by atoms with Crippen LogP contribution in [0.15, 0.2) is 52.7 Å². The molecule has 0 aliphatic heterocycles.